The molecule has 15 heavy (non-hydrogen) atoms. The van der Waals surface area contributed by atoms with Crippen LogP contribution in [0.3, 0.4) is 0 Å². The van der Waals surface area contributed by atoms with Gasteiger partial charge in [-0.2, -0.15) is 0 Å². The molecule has 1 N–H and O–H groups in total. The maximum Gasteiger partial charge on any atom is 0.125 e. The second-order valence-corrected chi connectivity index (χ2v) is 3.69. The summed E-state index contributed by atoms with van der Waals surface area (Å²) in [6.07, 6.45) is 0.870. The summed E-state index contributed by atoms with van der Waals surface area (Å²) in [5.41, 5.74) is 2.08. The average molecular weight is 209 g/mol. The van der Waals surface area contributed by atoms with Gasteiger partial charge in [-0.3, -0.25) is 0 Å². The molecule has 0 aliphatic heterocycles. The third-order valence-electron chi connectivity index (χ3n) is 2.25. The lowest BCUT2D eigenvalue weighted by Gasteiger charge is -2.14. The van der Waals surface area contributed by atoms with E-state index in [1.54, 1.807) is 7.11 Å². The maximum atomic E-state index is 5.12. The van der Waals surface area contributed by atoms with Crippen LogP contribution in [-0.2, 0) is 11.2 Å². The second kappa shape index (κ2) is 5.78. The smallest absolute Gasteiger partial charge is 0.125 e. The molecule has 1 unspecified atom stereocenters. The van der Waals surface area contributed by atoms with Gasteiger partial charge in [0.2, 0.25) is 0 Å². The number of aryl methyl sites for hydroxylation is 2. The summed E-state index contributed by atoms with van der Waals surface area (Å²) in [5.74, 6) is 0.831. The number of likely N-dealkylation sites (N-methyl/N-ethyl adjacent to an activating group) is 1. The SMILES string of the molecule is CNC(COC)Cc1cc(C)nc(C)n1. The van der Waals surface area contributed by atoms with Gasteiger partial charge in [0.15, 0.2) is 0 Å². The number of methoxy groups -OCH3 is 1. The van der Waals surface area contributed by atoms with Crippen LogP contribution in [0.2, 0.25) is 0 Å². The van der Waals surface area contributed by atoms with Crippen LogP contribution in [0.25, 0.3) is 0 Å². The highest BCUT2D eigenvalue weighted by Gasteiger charge is 2.08. The Kier molecular flexibility index (Phi) is 4.65. The molecule has 1 atom stereocenters. The number of nitrogens with zero attached hydrogens (tertiary/aromatic N) is 2. The molecule has 0 fully saturated rings. The molecule has 0 saturated heterocycles. The molecule has 0 aliphatic rings. The number of rotatable bonds is 5. The van der Waals surface area contributed by atoms with E-state index >= 15 is 0 Å². The Morgan fingerprint density at radius 3 is 2.67 bits per heavy atom. The molecule has 0 radical (unpaired) electrons. The topological polar surface area (TPSA) is 47.0 Å². The van der Waals surface area contributed by atoms with Crippen molar-refractivity contribution in [3.8, 4) is 0 Å². The zero-order valence-corrected chi connectivity index (χ0v) is 9.87. The molecule has 0 aliphatic carbocycles. The van der Waals surface area contributed by atoms with Crippen molar-refractivity contribution in [3.05, 3.63) is 23.3 Å². The van der Waals surface area contributed by atoms with Crippen LogP contribution in [-0.4, -0.2) is 36.8 Å². The van der Waals surface area contributed by atoms with E-state index in [-0.39, 0.29) is 0 Å². The molecule has 0 aromatic carbocycles. The van der Waals surface area contributed by atoms with Gasteiger partial charge in [0, 0.05) is 31.0 Å². The fraction of sp³-hybridized carbons (Fsp3) is 0.636. The van der Waals surface area contributed by atoms with Crippen LogP contribution in [0, 0.1) is 13.8 Å². The van der Waals surface area contributed by atoms with Crippen LogP contribution in [0.5, 0.6) is 0 Å². The minimum atomic E-state index is 0.309. The minimum absolute atomic E-state index is 0.309. The summed E-state index contributed by atoms with van der Waals surface area (Å²) in [4.78, 5) is 8.65. The quantitative estimate of drug-likeness (QED) is 0.781. The van der Waals surface area contributed by atoms with E-state index in [9.17, 15) is 0 Å². The molecular formula is C11H19N3O. The third-order valence-corrected chi connectivity index (χ3v) is 2.25. The van der Waals surface area contributed by atoms with Crippen LogP contribution in [0.1, 0.15) is 17.2 Å². The maximum absolute atomic E-state index is 5.12. The molecule has 0 saturated carbocycles. The van der Waals surface area contributed by atoms with E-state index in [1.165, 1.54) is 0 Å². The van der Waals surface area contributed by atoms with Gasteiger partial charge in [0.1, 0.15) is 5.82 Å². The average Bonchev–Trinajstić information content (AvgIpc) is 2.15. The van der Waals surface area contributed by atoms with Gasteiger partial charge in [-0.1, -0.05) is 0 Å². The van der Waals surface area contributed by atoms with Crippen LogP contribution >= 0.6 is 0 Å². The molecule has 1 heterocycles. The molecule has 0 spiro atoms. The molecule has 0 bridgehead atoms. The first-order valence-electron chi connectivity index (χ1n) is 5.13. The Labute approximate surface area is 91.1 Å². The number of hydrogen-bond acceptors (Lipinski definition) is 4. The van der Waals surface area contributed by atoms with E-state index in [1.807, 2.05) is 27.0 Å². The van der Waals surface area contributed by atoms with E-state index in [4.69, 9.17) is 4.74 Å². The lowest BCUT2D eigenvalue weighted by molar-refractivity contribution is 0.169. The molecule has 1 rings (SSSR count). The fourth-order valence-corrected chi connectivity index (χ4v) is 1.60. The van der Waals surface area contributed by atoms with Crippen molar-refractivity contribution in [2.24, 2.45) is 0 Å². The first kappa shape index (κ1) is 12.1. The summed E-state index contributed by atoms with van der Waals surface area (Å²) >= 11 is 0. The molecule has 4 nitrogen and oxygen atoms in total. The van der Waals surface area contributed by atoms with Gasteiger partial charge in [0.05, 0.1) is 6.61 Å². The monoisotopic (exact) mass is 209 g/mol. The standard InChI is InChI=1S/C11H19N3O/c1-8-5-10(14-9(2)13-8)6-11(12-3)7-15-4/h5,11-12H,6-7H2,1-4H3. The highest BCUT2D eigenvalue weighted by atomic mass is 16.5. The zero-order chi connectivity index (χ0) is 11.3. The Morgan fingerprint density at radius 1 is 1.40 bits per heavy atom. The Morgan fingerprint density at radius 2 is 2.13 bits per heavy atom. The summed E-state index contributed by atoms with van der Waals surface area (Å²) < 4.78 is 5.12. The summed E-state index contributed by atoms with van der Waals surface area (Å²) in [5, 5.41) is 3.20. The van der Waals surface area contributed by atoms with E-state index in [0.29, 0.717) is 12.6 Å². The normalized spacial score (nSPS) is 12.8. The first-order valence-corrected chi connectivity index (χ1v) is 5.13. The van der Waals surface area contributed by atoms with Crippen molar-refractivity contribution in [3.63, 3.8) is 0 Å². The largest absolute Gasteiger partial charge is 0.383 e. The molecule has 4 heteroatoms. The summed E-state index contributed by atoms with van der Waals surface area (Å²) in [6.45, 7) is 4.60. The Bertz CT molecular complexity index is 294. The number of aromatic nitrogens is 2. The number of hydrogen-bond donors (Lipinski definition) is 1. The fourth-order valence-electron chi connectivity index (χ4n) is 1.60. The first-order chi connectivity index (χ1) is 7.15. The summed E-state index contributed by atoms with van der Waals surface area (Å²) in [7, 11) is 3.64. The van der Waals surface area contributed by atoms with E-state index < -0.39 is 0 Å². The highest BCUT2D eigenvalue weighted by molar-refractivity contribution is 5.10. The van der Waals surface area contributed by atoms with E-state index in [0.717, 1.165) is 23.6 Å². The lowest BCUT2D eigenvalue weighted by Crippen LogP contribution is -2.32. The zero-order valence-electron chi connectivity index (χ0n) is 9.87. The van der Waals surface area contributed by atoms with Crippen molar-refractivity contribution in [1.29, 1.82) is 0 Å². The number of ether oxygens (including phenoxy) is 1. The molecule has 1 aromatic heterocycles. The second-order valence-electron chi connectivity index (χ2n) is 3.69. The van der Waals surface area contributed by atoms with Crippen LogP contribution in [0.15, 0.2) is 6.07 Å². The van der Waals surface area contributed by atoms with Crippen molar-refractivity contribution >= 4 is 0 Å². The molecule has 0 amide bonds. The van der Waals surface area contributed by atoms with E-state index in [2.05, 4.69) is 15.3 Å². The van der Waals surface area contributed by atoms with Gasteiger partial charge in [-0.25, -0.2) is 9.97 Å². The predicted octanol–water partition coefficient (Wildman–Crippen LogP) is 0.870. The van der Waals surface area contributed by atoms with Crippen molar-refractivity contribution in [2.75, 3.05) is 20.8 Å². The third kappa shape index (κ3) is 3.93. The lowest BCUT2D eigenvalue weighted by atomic mass is 10.1. The highest BCUT2D eigenvalue weighted by Crippen LogP contribution is 2.03. The Balaban J connectivity index is 2.69. The number of nitrogens with one attached hydrogen (secondary N) is 1. The Hall–Kier alpha value is -1.00. The minimum Gasteiger partial charge on any atom is -0.383 e. The van der Waals surface area contributed by atoms with Crippen molar-refractivity contribution in [1.82, 2.24) is 15.3 Å². The van der Waals surface area contributed by atoms with Gasteiger partial charge >= 0.3 is 0 Å². The van der Waals surface area contributed by atoms with Gasteiger partial charge in [-0.15, -0.1) is 0 Å². The van der Waals surface area contributed by atoms with Crippen LogP contribution < -0.4 is 5.32 Å². The van der Waals surface area contributed by atoms with Gasteiger partial charge in [-0.05, 0) is 27.0 Å². The molecule has 1 aromatic rings. The van der Waals surface area contributed by atoms with Gasteiger partial charge < -0.3 is 10.1 Å². The molecule has 84 valence electrons. The summed E-state index contributed by atoms with van der Waals surface area (Å²) in [6, 6.07) is 2.33. The van der Waals surface area contributed by atoms with Crippen molar-refractivity contribution < 1.29 is 4.74 Å². The predicted molar refractivity (Wildman–Crippen MR) is 59.9 cm³/mol. The molecular weight excluding hydrogens is 190 g/mol. The van der Waals surface area contributed by atoms with Gasteiger partial charge in [0.25, 0.3) is 0 Å². The van der Waals surface area contributed by atoms with Crippen molar-refractivity contribution in [2.45, 2.75) is 26.3 Å². The van der Waals surface area contributed by atoms with Crippen LogP contribution in [0.4, 0.5) is 0 Å².